The summed E-state index contributed by atoms with van der Waals surface area (Å²) in [6.07, 6.45) is -0.326. The summed E-state index contributed by atoms with van der Waals surface area (Å²) in [5.74, 6) is -0.610. The molecule has 0 aliphatic heterocycles. The zero-order chi connectivity index (χ0) is 18.9. The SMILES string of the molecule is O=C(Cn1cccc(C(F)(F)F)c1=O)NCc1cn2cc(Cl)ccc2n1. The van der Waals surface area contributed by atoms with Gasteiger partial charge in [0, 0.05) is 18.6 Å². The molecule has 3 aromatic rings. The Morgan fingerprint density at radius 1 is 1.23 bits per heavy atom. The Bertz CT molecular complexity index is 1030. The number of amides is 1. The fourth-order valence-corrected chi connectivity index (χ4v) is 2.55. The van der Waals surface area contributed by atoms with Crippen LogP contribution in [0.5, 0.6) is 0 Å². The highest BCUT2D eigenvalue weighted by Gasteiger charge is 2.34. The number of alkyl halides is 3. The molecule has 0 aromatic carbocycles. The maximum absolute atomic E-state index is 12.7. The number of aromatic nitrogens is 3. The number of hydrogen-bond acceptors (Lipinski definition) is 3. The summed E-state index contributed by atoms with van der Waals surface area (Å²) in [5, 5.41) is 3.04. The maximum atomic E-state index is 12.7. The largest absolute Gasteiger partial charge is 0.421 e. The van der Waals surface area contributed by atoms with Crippen molar-refractivity contribution in [3.8, 4) is 0 Å². The minimum Gasteiger partial charge on any atom is -0.349 e. The molecular formula is C16H12ClF3N4O2. The molecule has 0 aliphatic rings. The van der Waals surface area contributed by atoms with Crippen LogP contribution in [0.4, 0.5) is 13.2 Å². The summed E-state index contributed by atoms with van der Waals surface area (Å²) in [4.78, 5) is 28.0. The molecule has 0 saturated heterocycles. The Morgan fingerprint density at radius 2 is 2.00 bits per heavy atom. The first-order valence-corrected chi connectivity index (χ1v) is 7.78. The van der Waals surface area contributed by atoms with Crippen LogP contribution in [-0.2, 0) is 24.1 Å². The van der Waals surface area contributed by atoms with Crippen molar-refractivity contribution in [1.82, 2.24) is 19.3 Å². The average Bonchev–Trinajstić information content (AvgIpc) is 2.96. The van der Waals surface area contributed by atoms with Crippen LogP contribution in [0.25, 0.3) is 5.65 Å². The van der Waals surface area contributed by atoms with Crippen molar-refractivity contribution in [2.45, 2.75) is 19.3 Å². The van der Waals surface area contributed by atoms with Gasteiger partial charge >= 0.3 is 6.18 Å². The zero-order valence-corrected chi connectivity index (χ0v) is 13.9. The predicted octanol–water partition coefficient (Wildman–Crippen LogP) is 2.48. The fourth-order valence-electron chi connectivity index (χ4n) is 2.38. The molecule has 26 heavy (non-hydrogen) atoms. The first kappa shape index (κ1) is 18.0. The van der Waals surface area contributed by atoms with E-state index in [0.29, 0.717) is 27.0 Å². The first-order chi connectivity index (χ1) is 12.2. The van der Waals surface area contributed by atoms with Gasteiger partial charge in [-0.05, 0) is 24.3 Å². The molecule has 6 nitrogen and oxygen atoms in total. The highest BCUT2D eigenvalue weighted by atomic mass is 35.5. The molecule has 3 heterocycles. The van der Waals surface area contributed by atoms with Crippen LogP contribution < -0.4 is 10.9 Å². The summed E-state index contributed by atoms with van der Waals surface area (Å²) in [6.45, 7) is -0.464. The Labute approximate surface area is 149 Å². The number of halogens is 4. The number of nitrogens with one attached hydrogen (secondary N) is 1. The Morgan fingerprint density at radius 3 is 2.73 bits per heavy atom. The molecule has 3 aromatic heterocycles. The van der Waals surface area contributed by atoms with Gasteiger partial charge in [-0.25, -0.2) is 4.98 Å². The summed E-state index contributed by atoms with van der Waals surface area (Å²) in [7, 11) is 0. The highest BCUT2D eigenvalue weighted by molar-refractivity contribution is 6.30. The van der Waals surface area contributed by atoms with Crippen LogP contribution in [0.15, 0.2) is 47.7 Å². The molecule has 0 unspecified atom stereocenters. The molecule has 3 rings (SSSR count). The van der Waals surface area contributed by atoms with Crippen LogP contribution in [0, 0.1) is 0 Å². The van der Waals surface area contributed by atoms with Gasteiger partial charge < -0.3 is 14.3 Å². The third-order valence-electron chi connectivity index (χ3n) is 3.57. The second-order valence-corrected chi connectivity index (χ2v) is 5.91. The van der Waals surface area contributed by atoms with E-state index >= 15 is 0 Å². The maximum Gasteiger partial charge on any atom is 0.421 e. The van der Waals surface area contributed by atoms with Crippen LogP contribution in [-0.4, -0.2) is 19.9 Å². The second kappa shape index (κ2) is 6.83. The topological polar surface area (TPSA) is 68.4 Å². The minimum atomic E-state index is -4.77. The predicted molar refractivity (Wildman–Crippen MR) is 87.8 cm³/mol. The van der Waals surface area contributed by atoms with Crippen molar-refractivity contribution in [2.75, 3.05) is 0 Å². The molecule has 10 heteroatoms. The lowest BCUT2D eigenvalue weighted by molar-refractivity contribution is -0.139. The lowest BCUT2D eigenvalue weighted by Gasteiger charge is -2.10. The van der Waals surface area contributed by atoms with Gasteiger partial charge in [0.15, 0.2) is 0 Å². The molecule has 0 radical (unpaired) electrons. The van der Waals surface area contributed by atoms with Gasteiger partial charge in [0.1, 0.15) is 17.8 Å². The van der Waals surface area contributed by atoms with Crippen LogP contribution in [0.1, 0.15) is 11.3 Å². The number of rotatable bonds is 4. The van der Waals surface area contributed by atoms with E-state index in [2.05, 4.69) is 10.3 Å². The normalized spacial score (nSPS) is 11.7. The van der Waals surface area contributed by atoms with Crippen LogP contribution in [0.2, 0.25) is 5.02 Å². The van der Waals surface area contributed by atoms with Gasteiger partial charge in [-0.1, -0.05) is 11.6 Å². The van der Waals surface area contributed by atoms with E-state index in [9.17, 15) is 22.8 Å². The first-order valence-electron chi connectivity index (χ1n) is 7.40. The number of carbonyl (C=O) groups is 1. The van der Waals surface area contributed by atoms with Gasteiger partial charge in [0.05, 0.1) is 17.3 Å². The van der Waals surface area contributed by atoms with E-state index in [1.165, 1.54) is 0 Å². The average molecular weight is 385 g/mol. The summed E-state index contributed by atoms with van der Waals surface area (Å²) in [5.41, 5.74) is -1.41. The lowest BCUT2D eigenvalue weighted by Crippen LogP contribution is -2.34. The Kier molecular flexibility index (Phi) is 4.73. The number of imidazole rings is 1. The van der Waals surface area contributed by atoms with Gasteiger partial charge in [0.2, 0.25) is 5.91 Å². The number of carbonyl (C=O) groups excluding carboxylic acids is 1. The molecule has 1 amide bonds. The monoisotopic (exact) mass is 384 g/mol. The lowest BCUT2D eigenvalue weighted by atomic mass is 10.2. The van der Waals surface area contributed by atoms with Crippen molar-refractivity contribution in [3.05, 3.63) is 69.5 Å². The second-order valence-electron chi connectivity index (χ2n) is 5.47. The van der Waals surface area contributed by atoms with E-state index in [1.54, 1.807) is 28.9 Å². The number of pyridine rings is 2. The number of hydrogen-bond donors (Lipinski definition) is 1. The minimum absolute atomic E-state index is 0.0614. The van der Waals surface area contributed by atoms with E-state index in [0.717, 1.165) is 12.3 Å². The van der Waals surface area contributed by atoms with Gasteiger partial charge in [-0.2, -0.15) is 13.2 Å². The quantitative estimate of drug-likeness (QED) is 0.751. The Hall–Kier alpha value is -2.81. The molecule has 0 atom stereocenters. The molecule has 136 valence electrons. The van der Waals surface area contributed by atoms with Crippen LogP contribution >= 0.6 is 11.6 Å². The third kappa shape index (κ3) is 3.88. The van der Waals surface area contributed by atoms with Gasteiger partial charge in [0.25, 0.3) is 5.56 Å². The standard InChI is InChI=1S/C16H12ClF3N4O2/c17-10-3-4-13-22-11(8-24(13)7-10)6-21-14(25)9-23-5-1-2-12(15(23)26)16(18,19)20/h1-5,7-8H,6,9H2,(H,21,25). The molecule has 1 N–H and O–H groups in total. The molecule has 0 bridgehead atoms. The van der Waals surface area contributed by atoms with Crippen molar-refractivity contribution in [3.63, 3.8) is 0 Å². The van der Waals surface area contributed by atoms with Crippen LogP contribution in [0.3, 0.4) is 0 Å². The van der Waals surface area contributed by atoms with Crippen molar-refractivity contribution in [1.29, 1.82) is 0 Å². The molecule has 0 saturated carbocycles. The smallest absolute Gasteiger partial charge is 0.349 e. The van der Waals surface area contributed by atoms with Gasteiger partial charge in [-0.15, -0.1) is 0 Å². The van der Waals surface area contributed by atoms with Gasteiger partial charge in [-0.3, -0.25) is 9.59 Å². The van der Waals surface area contributed by atoms with E-state index in [4.69, 9.17) is 11.6 Å². The number of nitrogens with zero attached hydrogens (tertiary/aromatic N) is 3. The highest BCUT2D eigenvalue weighted by Crippen LogP contribution is 2.25. The zero-order valence-electron chi connectivity index (χ0n) is 13.1. The van der Waals surface area contributed by atoms with E-state index in [1.807, 2.05) is 0 Å². The van der Waals surface area contributed by atoms with Crippen molar-refractivity contribution < 1.29 is 18.0 Å². The van der Waals surface area contributed by atoms with Crippen molar-refractivity contribution >= 4 is 23.2 Å². The summed E-state index contributed by atoms with van der Waals surface area (Å²) >= 11 is 5.87. The molecule has 0 spiro atoms. The van der Waals surface area contributed by atoms with E-state index < -0.39 is 29.8 Å². The third-order valence-corrected chi connectivity index (χ3v) is 3.79. The fraction of sp³-hybridized carbons (Fsp3) is 0.188. The Balaban J connectivity index is 1.68. The molecular weight excluding hydrogens is 373 g/mol. The molecule has 0 aliphatic carbocycles. The molecule has 0 fully saturated rings. The van der Waals surface area contributed by atoms with Crippen molar-refractivity contribution in [2.24, 2.45) is 0 Å². The number of fused-ring (bicyclic) bond motifs is 1. The van der Waals surface area contributed by atoms with E-state index in [-0.39, 0.29) is 6.54 Å². The summed E-state index contributed by atoms with van der Waals surface area (Å²) < 4.78 is 40.6. The summed E-state index contributed by atoms with van der Waals surface area (Å²) in [6, 6.07) is 5.13.